The second kappa shape index (κ2) is 6.36. The molecule has 1 saturated carbocycles. The molecule has 21 heavy (non-hydrogen) atoms. The van der Waals surface area contributed by atoms with E-state index >= 15 is 0 Å². The second-order valence-corrected chi connectivity index (χ2v) is 6.54. The van der Waals surface area contributed by atoms with Crippen LogP contribution in [0.3, 0.4) is 0 Å². The van der Waals surface area contributed by atoms with Crippen molar-refractivity contribution in [2.75, 3.05) is 12.4 Å². The number of aromatic nitrogens is 2. The van der Waals surface area contributed by atoms with Gasteiger partial charge in [0.2, 0.25) is 0 Å². The van der Waals surface area contributed by atoms with Gasteiger partial charge in [0.25, 0.3) is 5.22 Å². The van der Waals surface area contributed by atoms with Crippen LogP contribution in [0, 0.1) is 0 Å². The normalized spacial score (nSPS) is 23.8. The first-order chi connectivity index (χ1) is 10.2. The molecule has 1 saturated heterocycles. The molecule has 1 unspecified atom stereocenters. The molecule has 2 heterocycles. The molecule has 1 aromatic rings. The van der Waals surface area contributed by atoms with E-state index in [1.54, 1.807) is 6.92 Å². The van der Waals surface area contributed by atoms with Crippen LogP contribution in [0.5, 0.6) is 0 Å². The maximum atomic E-state index is 11.4. The molecule has 1 aliphatic heterocycles. The largest absolute Gasteiger partial charge is 0.459 e. The highest BCUT2D eigenvalue weighted by Gasteiger charge is 2.42. The number of carbonyl (C=O) groups excluding carboxylic acids is 1. The molecule has 1 aliphatic carbocycles. The van der Waals surface area contributed by atoms with Crippen molar-refractivity contribution in [3.8, 4) is 0 Å². The first-order valence-electron chi connectivity index (χ1n) is 7.52. The number of hydrogen-bond acceptors (Lipinski definition) is 7. The Balaban J connectivity index is 1.48. The van der Waals surface area contributed by atoms with E-state index in [0.717, 1.165) is 18.6 Å². The lowest BCUT2D eigenvalue weighted by Gasteiger charge is -2.23. The molecule has 0 radical (unpaired) electrons. The molecule has 0 bridgehead atoms. The van der Waals surface area contributed by atoms with Crippen LogP contribution in [0.4, 0.5) is 0 Å². The number of carbonyl (C=O) groups is 1. The molecule has 116 valence electrons. The van der Waals surface area contributed by atoms with Crippen LogP contribution in [-0.2, 0) is 9.47 Å². The fourth-order valence-electron chi connectivity index (χ4n) is 3.11. The molecule has 7 heteroatoms. The van der Waals surface area contributed by atoms with Gasteiger partial charge in [-0.1, -0.05) is 29.7 Å². The zero-order chi connectivity index (χ0) is 14.7. The number of thioether (sulfide) groups is 1. The zero-order valence-electron chi connectivity index (χ0n) is 12.2. The number of esters is 1. The minimum atomic E-state index is -0.570. The van der Waals surface area contributed by atoms with E-state index in [9.17, 15) is 4.79 Å². The zero-order valence-corrected chi connectivity index (χ0v) is 13.0. The quantitative estimate of drug-likeness (QED) is 0.611. The standard InChI is InChI=1S/C14H20N2O4S/c1-2-18-12(17)11-15-16-13(19-11)21-9-10-5-8-14(20-10)6-3-4-7-14/h10H,2-9H2,1H3. The van der Waals surface area contributed by atoms with Crippen molar-refractivity contribution in [2.24, 2.45) is 0 Å². The highest BCUT2D eigenvalue weighted by molar-refractivity contribution is 7.99. The van der Waals surface area contributed by atoms with Crippen LogP contribution in [0.15, 0.2) is 9.64 Å². The minimum Gasteiger partial charge on any atom is -0.459 e. The van der Waals surface area contributed by atoms with Gasteiger partial charge in [-0.05, 0) is 32.6 Å². The first-order valence-corrected chi connectivity index (χ1v) is 8.50. The maximum absolute atomic E-state index is 11.4. The van der Waals surface area contributed by atoms with Gasteiger partial charge in [-0.25, -0.2) is 4.79 Å². The fraction of sp³-hybridized carbons (Fsp3) is 0.786. The van der Waals surface area contributed by atoms with Gasteiger partial charge in [0.05, 0.1) is 18.3 Å². The molecule has 2 aliphatic rings. The van der Waals surface area contributed by atoms with Crippen LogP contribution in [0.1, 0.15) is 56.1 Å². The second-order valence-electron chi connectivity index (χ2n) is 5.57. The molecule has 2 fully saturated rings. The van der Waals surface area contributed by atoms with E-state index in [4.69, 9.17) is 13.9 Å². The van der Waals surface area contributed by atoms with Crippen molar-refractivity contribution in [2.45, 2.75) is 62.4 Å². The summed E-state index contributed by atoms with van der Waals surface area (Å²) in [5, 5.41) is 7.95. The molecular weight excluding hydrogens is 292 g/mol. The first kappa shape index (κ1) is 14.8. The van der Waals surface area contributed by atoms with E-state index in [2.05, 4.69) is 10.2 Å². The fourth-order valence-corrected chi connectivity index (χ4v) is 3.91. The molecule has 6 nitrogen and oxygen atoms in total. The third-order valence-electron chi connectivity index (χ3n) is 4.10. The van der Waals surface area contributed by atoms with Gasteiger partial charge in [0.1, 0.15) is 0 Å². The predicted octanol–water partition coefficient (Wildman–Crippen LogP) is 2.83. The van der Waals surface area contributed by atoms with Gasteiger partial charge in [-0.2, -0.15) is 0 Å². The molecule has 0 aromatic carbocycles. The summed E-state index contributed by atoms with van der Waals surface area (Å²) in [5.74, 6) is 0.129. The molecule has 0 N–H and O–H groups in total. The predicted molar refractivity (Wildman–Crippen MR) is 76.3 cm³/mol. The van der Waals surface area contributed by atoms with Crippen LogP contribution < -0.4 is 0 Å². The Bertz CT molecular complexity index is 499. The third kappa shape index (κ3) is 3.40. The molecule has 1 spiro atoms. The van der Waals surface area contributed by atoms with E-state index in [0.29, 0.717) is 11.8 Å². The Morgan fingerprint density at radius 2 is 2.19 bits per heavy atom. The number of hydrogen-bond donors (Lipinski definition) is 0. The monoisotopic (exact) mass is 312 g/mol. The lowest BCUT2D eigenvalue weighted by molar-refractivity contribution is -0.0268. The molecule has 1 atom stereocenters. The average Bonchev–Trinajstić information content (AvgIpc) is 3.20. The summed E-state index contributed by atoms with van der Waals surface area (Å²) in [6.07, 6.45) is 7.45. The lowest BCUT2D eigenvalue weighted by atomic mass is 9.98. The Morgan fingerprint density at radius 1 is 1.38 bits per heavy atom. The number of nitrogens with zero attached hydrogens (tertiary/aromatic N) is 2. The Labute approximate surface area is 128 Å². The topological polar surface area (TPSA) is 74.5 Å². The van der Waals surface area contributed by atoms with Crippen LogP contribution >= 0.6 is 11.8 Å². The summed E-state index contributed by atoms with van der Waals surface area (Å²) < 4.78 is 16.3. The summed E-state index contributed by atoms with van der Waals surface area (Å²) in [5.41, 5.74) is 0.149. The van der Waals surface area contributed by atoms with Crippen molar-refractivity contribution in [3.63, 3.8) is 0 Å². The summed E-state index contributed by atoms with van der Waals surface area (Å²) >= 11 is 1.44. The van der Waals surface area contributed by atoms with Gasteiger partial charge in [0, 0.05) is 5.75 Å². The molecule has 3 rings (SSSR count). The highest BCUT2D eigenvalue weighted by Crippen LogP contribution is 2.44. The van der Waals surface area contributed by atoms with Crippen molar-refractivity contribution in [3.05, 3.63) is 5.89 Å². The van der Waals surface area contributed by atoms with E-state index in [-0.39, 0.29) is 17.6 Å². The van der Waals surface area contributed by atoms with Crippen molar-refractivity contribution in [1.29, 1.82) is 0 Å². The third-order valence-corrected chi connectivity index (χ3v) is 5.05. The van der Waals surface area contributed by atoms with Crippen molar-refractivity contribution < 1.29 is 18.7 Å². The Kier molecular flexibility index (Phi) is 4.49. The molecule has 0 amide bonds. The summed E-state index contributed by atoms with van der Waals surface area (Å²) in [6.45, 7) is 2.03. The maximum Gasteiger partial charge on any atom is 0.396 e. The van der Waals surface area contributed by atoms with Gasteiger partial charge in [-0.15, -0.1) is 5.10 Å². The SMILES string of the molecule is CCOC(=O)c1nnc(SCC2CCC3(CCCC3)O2)o1. The number of rotatable bonds is 5. The van der Waals surface area contributed by atoms with Gasteiger partial charge < -0.3 is 13.9 Å². The Morgan fingerprint density at radius 3 is 2.95 bits per heavy atom. The van der Waals surface area contributed by atoms with Gasteiger partial charge >= 0.3 is 11.9 Å². The Hall–Kier alpha value is -1.08. The van der Waals surface area contributed by atoms with Crippen molar-refractivity contribution in [1.82, 2.24) is 10.2 Å². The van der Waals surface area contributed by atoms with Crippen LogP contribution in [-0.4, -0.2) is 40.2 Å². The molecule has 1 aromatic heterocycles. The smallest absolute Gasteiger partial charge is 0.396 e. The van der Waals surface area contributed by atoms with Crippen molar-refractivity contribution >= 4 is 17.7 Å². The highest BCUT2D eigenvalue weighted by atomic mass is 32.2. The summed E-state index contributed by atoms with van der Waals surface area (Å²) in [6, 6.07) is 0. The van der Waals surface area contributed by atoms with Crippen LogP contribution in [0.25, 0.3) is 0 Å². The van der Waals surface area contributed by atoms with E-state index < -0.39 is 5.97 Å². The lowest BCUT2D eigenvalue weighted by Crippen LogP contribution is -2.25. The van der Waals surface area contributed by atoms with E-state index in [1.165, 1.54) is 37.4 Å². The summed E-state index contributed by atoms with van der Waals surface area (Å²) in [7, 11) is 0. The summed E-state index contributed by atoms with van der Waals surface area (Å²) in [4.78, 5) is 11.4. The molecular formula is C14H20N2O4S. The van der Waals surface area contributed by atoms with E-state index in [1.807, 2.05) is 0 Å². The van der Waals surface area contributed by atoms with Gasteiger partial charge in [0.15, 0.2) is 0 Å². The van der Waals surface area contributed by atoms with Gasteiger partial charge in [-0.3, -0.25) is 0 Å². The average molecular weight is 312 g/mol. The minimum absolute atomic E-state index is 0.0843. The number of ether oxygens (including phenoxy) is 2. The van der Waals surface area contributed by atoms with Crippen LogP contribution in [0.2, 0.25) is 0 Å².